The molecule has 0 amide bonds. The van der Waals surface area contributed by atoms with Crippen LogP contribution >= 0.6 is 15.9 Å². The molecule has 88 valence electrons. The van der Waals surface area contributed by atoms with E-state index in [1.54, 1.807) is 12.3 Å². The maximum absolute atomic E-state index is 11.8. The Kier molecular flexibility index (Phi) is 4.70. The highest BCUT2D eigenvalue weighted by molar-refractivity contribution is 9.10. The molecule has 5 nitrogen and oxygen atoms in total. The minimum absolute atomic E-state index is 0.0905. The van der Waals surface area contributed by atoms with E-state index in [2.05, 4.69) is 32.9 Å². The molecule has 3 N–H and O–H groups in total. The van der Waals surface area contributed by atoms with Gasteiger partial charge in [0.15, 0.2) is 0 Å². The third-order valence-corrected chi connectivity index (χ3v) is 2.81. The van der Waals surface area contributed by atoms with Crippen LogP contribution in [0.15, 0.2) is 28.1 Å². The van der Waals surface area contributed by atoms with Gasteiger partial charge >= 0.3 is 0 Å². The van der Waals surface area contributed by atoms with Crippen LogP contribution < -0.4 is 16.6 Å². The van der Waals surface area contributed by atoms with Gasteiger partial charge in [0, 0.05) is 12.6 Å². The average Bonchev–Trinajstić information content (AvgIpc) is 2.28. The van der Waals surface area contributed by atoms with Crippen molar-refractivity contribution >= 4 is 21.6 Å². The molecular weight excluding hydrogens is 272 g/mol. The van der Waals surface area contributed by atoms with Gasteiger partial charge in [0.1, 0.15) is 4.47 Å². The van der Waals surface area contributed by atoms with Gasteiger partial charge in [-0.25, -0.2) is 4.68 Å². The van der Waals surface area contributed by atoms with Gasteiger partial charge < -0.3 is 11.1 Å². The van der Waals surface area contributed by atoms with Crippen molar-refractivity contribution in [1.29, 1.82) is 0 Å². The molecule has 0 fully saturated rings. The van der Waals surface area contributed by atoms with Crippen molar-refractivity contribution in [3.8, 4) is 0 Å². The Labute approximate surface area is 102 Å². The summed E-state index contributed by atoms with van der Waals surface area (Å²) in [6.07, 6.45) is 3.22. The smallest absolute Gasteiger partial charge is 0.283 e. The number of nitrogens with one attached hydrogen (secondary N) is 1. The molecule has 16 heavy (non-hydrogen) atoms. The summed E-state index contributed by atoms with van der Waals surface area (Å²) < 4.78 is 1.79. The maximum atomic E-state index is 11.8. The van der Waals surface area contributed by atoms with Crippen molar-refractivity contribution in [1.82, 2.24) is 9.78 Å². The Bertz CT molecular complexity index is 429. The fourth-order valence-electron chi connectivity index (χ4n) is 1.14. The Morgan fingerprint density at radius 2 is 2.50 bits per heavy atom. The highest BCUT2D eigenvalue weighted by Crippen LogP contribution is 2.16. The first-order chi connectivity index (χ1) is 7.60. The van der Waals surface area contributed by atoms with Crippen molar-refractivity contribution in [2.45, 2.75) is 19.5 Å². The van der Waals surface area contributed by atoms with E-state index in [-0.39, 0.29) is 11.6 Å². The second-order valence-corrected chi connectivity index (χ2v) is 4.22. The van der Waals surface area contributed by atoms with Gasteiger partial charge in [-0.1, -0.05) is 6.08 Å². The van der Waals surface area contributed by atoms with Crippen molar-refractivity contribution in [2.75, 3.05) is 11.9 Å². The molecule has 0 aromatic carbocycles. The number of hydrogen-bond acceptors (Lipinski definition) is 4. The van der Waals surface area contributed by atoms with Crippen LogP contribution in [0.5, 0.6) is 0 Å². The number of nitrogens with zero attached hydrogens (tertiary/aromatic N) is 2. The topological polar surface area (TPSA) is 72.9 Å². The lowest BCUT2D eigenvalue weighted by Crippen LogP contribution is -2.29. The van der Waals surface area contributed by atoms with Crippen LogP contribution in [0.4, 0.5) is 5.69 Å². The van der Waals surface area contributed by atoms with E-state index < -0.39 is 0 Å². The van der Waals surface area contributed by atoms with Crippen LogP contribution in [0.25, 0.3) is 0 Å². The quantitative estimate of drug-likeness (QED) is 0.791. The second kappa shape index (κ2) is 5.81. The second-order valence-electron chi connectivity index (χ2n) is 3.43. The number of aromatic nitrogens is 2. The first kappa shape index (κ1) is 12.9. The highest BCUT2D eigenvalue weighted by Gasteiger charge is 2.09. The van der Waals surface area contributed by atoms with Crippen LogP contribution in [0.2, 0.25) is 0 Å². The summed E-state index contributed by atoms with van der Waals surface area (Å²) in [6.45, 7) is 6.38. The van der Waals surface area contributed by atoms with E-state index in [9.17, 15) is 4.79 Å². The van der Waals surface area contributed by atoms with E-state index in [0.29, 0.717) is 23.2 Å². The molecular formula is C10H15BrN4O. The number of anilines is 1. The lowest BCUT2D eigenvalue weighted by atomic mass is 10.3. The van der Waals surface area contributed by atoms with Gasteiger partial charge in [0.25, 0.3) is 5.56 Å². The first-order valence-electron chi connectivity index (χ1n) is 4.93. The zero-order chi connectivity index (χ0) is 12.1. The molecule has 1 unspecified atom stereocenters. The van der Waals surface area contributed by atoms with E-state index in [1.807, 2.05) is 6.92 Å². The van der Waals surface area contributed by atoms with Gasteiger partial charge in [-0.05, 0) is 22.9 Å². The molecule has 1 aromatic heterocycles. The van der Waals surface area contributed by atoms with Gasteiger partial charge in [0.05, 0.1) is 18.4 Å². The fourth-order valence-corrected chi connectivity index (χ4v) is 1.56. The summed E-state index contributed by atoms with van der Waals surface area (Å²) in [6, 6.07) is 0.0905. The molecule has 6 heteroatoms. The van der Waals surface area contributed by atoms with Crippen LogP contribution in [0, 0.1) is 0 Å². The average molecular weight is 287 g/mol. The lowest BCUT2D eigenvalue weighted by molar-refractivity contribution is 0.647. The highest BCUT2D eigenvalue weighted by atomic mass is 79.9. The Morgan fingerprint density at radius 1 is 1.81 bits per heavy atom. The number of allylic oxidation sites excluding steroid dienone is 1. The predicted octanol–water partition coefficient (Wildman–Crippen LogP) is 0.951. The van der Waals surface area contributed by atoms with Gasteiger partial charge in [-0.3, -0.25) is 4.79 Å². The molecule has 0 radical (unpaired) electrons. The molecule has 0 aliphatic heterocycles. The molecule has 1 rings (SSSR count). The SMILES string of the molecule is C=CCn1ncc(NC(C)CN)c(Br)c1=O. The van der Waals surface area contributed by atoms with Crippen molar-refractivity contribution in [3.63, 3.8) is 0 Å². The Morgan fingerprint density at radius 3 is 3.06 bits per heavy atom. The summed E-state index contributed by atoms with van der Waals surface area (Å²) in [5.74, 6) is 0. The lowest BCUT2D eigenvalue weighted by Gasteiger charge is -2.14. The number of nitrogens with two attached hydrogens (primary N) is 1. The van der Waals surface area contributed by atoms with Crippen molar-refractivity contribution in [2.24, 2.45) is 5.73 Å². The minimum Gasteiger partial charge on any atom is -0.379 e. The molecule has 0 bridgehead atoms. The van der Waals surface area contributed by atoms with Crippen molar-refractivity contribution < 1.29 is 0 Å². The molecule has 1 atom stereocenters. The van der Waals surface area contributed by atoms with Crippen LogP contribution in [-0.2, 0) is 6.54 Å². The maximum Gasteiger partial charge on any atom is 0.283 e. The number of hydrogen-bond donors (Lipinski definition) is 2. The van der Waals surface area contributed by atoms with Gasteiger partial charge in [-0.2, -0.15) is 5.10 Å². The van der Waals surface area contributed by atoms with Crippen LogP contribution in [-0.4, -0.2) is 22.4 Å². The Hall–Kier alpha value is -1.14. The molecule has 1 heterocycles. The number of halogens is 1. The third-order valence-electron chi connectivity index (χ3n) is 2.04. The molecule has 0 aliphatic carbocycles. The molecule has 1 aromatic rings. The van der Waals surface area contributed by atoms with E-state index in [0.717, 1.165) is 0 Å². The molecule has 0 aliphatic rings. The molecule has 0 saturated heterocycles. The minimum atomic E-state index is -0.186. The monoisotopic (exact) mass is 286 g/mol. The van der Waals surface area contributed by atoms with Crippen LogP contribution in [0.1, 0.15) is 6.92 Å². The normalized spacial score (nSPS) is 12.2. The van der Waals surface area contributed by atoms with E-state index in [4.69, 9.17) is 5.73 Å². The summed E-state index contributed by atoms with van der Waals surface area (Å²) in [7, 11) is 0. The summed E-state index contributed by atoms with van der Waals surface area (Å²) in [5.41, 5.74) is 5.96. The summed E-state index contributed by atoms with van der Waals surface area (Å²) in [5, 5.41) is 7.11. The first-order valence-corrected chi connectivity index (χ1v) is 5.72. The zero-order valence-electron chi connectivity index (χ0n) is 9.11. The van der Waals surface area contributed by atoms with E-state index >= 15 is 0 Å². The standard InChI is InChI=1S/C10H15BrN4O/c1-3-4-15-10(16)9(11)8(6-13-15)14-7(2)5-12/h3,6-7,14H,1,4-5,12H2,2H3. The largest absolute Gasteiger partial charge is 0.379 e. The van der Waals surface area contributed by atoms with Crippen LogP contribution in [0.3, 0.4) is 0 Å². The zero-order valence-corrected chi connectivity index (χ0v) is 10.7. The molecule has 0 spiro atoms. The van der Waals surface area contributed by atoms with Gasteiger partial charge in [-0.15, -0.1) is 6.58 Å². The number of rotatable bonds is 5. The third kappa shape index (κ3) is 2.93. The predicted molar refractivity (Wildman–Crippen MR) is 68.5 cm³/mol. The molecule has 0 saturated carbocycles. The van der Waals surface area contributed by atoms with Gasteiger partial charge in [0.2, 0.25) is 0 Å². The summed E-state index contributed by atoms with van der Waals surface area (Å²) >= 11 is 3.25. The van der Waals surface area contributed by atoms with E-state index in [1.165, 1.54) is 4.68 Å². The Balaban J connectivity index is 3.02. The summed E-state index contributed by atoms with van der Waals surface area (Å²) in [4.78, 5) is 11.8. The fraction of sp³-hybridized carbons (Fsp3) is 0.400. The van der Waals surface area contributed by atoms with Crippen molar-refractivity contribution in [3.05, 3.63) is 33.7 Å².